The molecule has 1 atom stereocenters. The van der Waals surface area contributed by atoms with E-state index < -0.39 is 40.8 Å². The van der Waals surface area contributed by atoms with Gasteiger partial charge in [0, 0.05) is 15.6 Å². The third-order valence-electron chi connectivity index (χ3n) is 6.40. The van der Waals surface area contributed by atoms with Gasteiger partial charge in [0.15, 0.2) is 10.5 Å². The van der Waals surface area contributed by atoms with Gasteiger partial charge >= 0.3 is 12.1 Å². The lowest BCUT2D eigenvalue weighted by Gasteiger charge is -2.26. The molecule has 44 heavy (non-hydrogen) atoms. The highest BCUT2D eigenvalue weighted by atomic mass is 79.9. The van der Waals surface area contributed by atoms with E-state index in [-0.39, 0.29) is 38.9 Å². The summed E-state index contributed by atoms with van der Waals surface area (Å²) in [6.45, 7) is 1.30. The average molecular weight is 730 g/mol. The molecule has 0 unspecified atom stereocenters. The highest BCUT2D eigenvalue weighted by Crippen LogP contribution is 2.39. The van der Waals surface area contributed by atoms with Gasteiger partial charge in [0.05, 0.1) is 27.2 Å². The molecule has 0 saturated heterocycles. The number of carbonyl (C=O) groups excluding carboxylic acids is 1. The number of hydrogen-bond donors (Lipinski definition) is 0. The Labute approximate surface area is 269 Å². The van der Waals surface area contributed by atoms with Gasteiger partial charge in [-0.15, -0.1) is 0 Å². The Hall–Kier alpha value is -3.45. The lowest BCUT2D eigenvalue weighted by Crippen LogP contribution is -2.41. The van der Waals surface area contributed by atoms with Gasteiger partial charge in [-0.3, -0.25) is 9.36 Å². The first-order valence-electron chi connectivity index (χ1n) is 12.8. The van der Waals surface area contributed by atoms with Crippen LogP contribution in [0.2, 0.25) is 10.0 Å². The number of hydrogen-bond acceptors (Lipinski definition) is 6. The van der Waals surface area contributed by atoms with E-state index in [2.05, 4.69) is 20.9 Å². The van der Waals surface area contributed by atoms with Crippen LogP contribution in [0.3, 0.4) is 0 Å². The van der Waals surface area contributed by atoms with E-state index in [1.54, 1.807) is 18.2 Å². The molecule has 0 saturated carbocycles. The van der Waals surface area contributed by atoms with Crippen molar-refractivity contribution in [2.45, 2.75) is 25.7 Å². The van der Waals surface area contributed by atoms with Crippen molar-refractivity contribution in [3.8, 4) is 5.75 Å². The van der Waals surface area contributed by atoms with E-state index in [1.165, 1.54) is 55.5 Å². The number of allylic oxidation sites excluding steroid dienone is 1. The molecular formula is C30H19BrCl2F4N2O4S. The lowest BCUT2D eigenvalue weighted by atomic mass is 9.95. The molecule has 6 nitrogen and oxygen atoms in total. The van der Waals surface area contributed by atoms with Crippen molar-refractivity contribution >= 4 is 62.5 Å². The summed E-state index contributed by atoms with van der Waals surface area (Å²) in [6, 6.07) is 13.0. The number of nitrogens with zero attached hydrogens (tertiary/aromatic N) is 2. The van der Waals surface area contributed by atoms with Crippen LogP contribution in [0.4, 0.5) is 17.6 Å². The van der Waals surface area contributed by atoms with Crippen LogP contribution < -0.4 is 19.6 Å². The number of rotatable bonds is 7. The molecule has 1 aliphatic heterocycles. The second kappa shape index (κ2) is 12.9. The normalized spacial score (nSPS) is 15.2. The van der Waals surface area contributed by atoms with E-state index in [0.717, 1.165) is 4.57 Å². The van der Waals surface area contributed by atoms with Crippen molar-refractivity contribution in [1.82, 2.24) is 4.57 Å². The number of alkyl halides is 3. The highest BCUT2D eigenvalue weighted by molar-refractivity contribution is 9.10. The third-order valence-corrected chi connectivity index (χ3v) is 8.44. The maximum atomic E-state index is 14.4. The van der Waals surface area contributed by atoms with Crippen molar-refractivity contribution < 1.29 is 31.8 Å². The summed E-state index contributed by atoms with van der Waals surface area (Å²) in [4.78, 5) is 30.4. The molecule has 0 N–H and O–H groups in total. The Bertz CT molecular complexity index is 1960. The number of fused-ring (bicyclic) bond motifs is 1. The maximum absolute atomic E-state index is 14.4. The molecule has 4 aromatic rings. The van der Waals surface area contributed by atoms with Gasteiger partial charge < -0.3 is 9.47 Å². The molecule has 0 radical (unpaired) electrons. The first-order chi connectivity index (χ1) is 20.9. The lowest BCUT2D eigenvalue weighted by molar-refractivity contribution is -0.140. The SMILES string of the molecule is CCOC(=O)C1=C(C(F)(F)F)N=c2s/c(=C\c3cc(Cl)cc(Br)c3OCc3ccc(F)cc3)c(=O)n2[C@H]1c1ccc(Cl)cc1. The Kier molecular flexibility index (Phi) is 9.36. The second-order valence-corrected chi connectivity index (χ2v) is 12.1. The molecule has 2 heterocycles. The van der Waals surface area contributed by atoms with Crippen LogP contribution in [-0.2, 0) is 16.1 Å². The first kappa shape index (κ1) is 32.0. The Balaban J connectivity index is 1.71. The molecule has 0 bridgehead atoms. The van der Waals surface area contributed by atoms with Crippen molar-refractivity contribution in [2.75, 3.05) is 6.61 Å². The predicted molar refractivity (Wildman–Crippen MR) is 162 cm³/mol. The summed E-state index contributed by atoms with van der Waals surface area (Å²) in [5.41, 5.74) is -1.81. The fraction of sp³-hybridized carbons (Fsp3) is 0.167. The van der Waals surface area contributed by atoms with Gasteiger partial charge in [0.1, 0.15) is 18.2 Å². The number of benzene rings is 3. The molecule has 1 aromatic heterocycles. The van der Waals surface area contributed by atoms with E-state index >= 15 is 0 Å². The summed E-state index contributed by atoms with van der Waals surface area (Å²) in [6.07, 6.45) is -3.62. The summed E-state index contributed by atoms with van der Waals surface area (Å²) < 4.78 is 68.8. The van der Waals surface area contributed by atoms with Crippen molar-refractivity contribution in [3.63, 3.8) is 0 Å². The van der Waals surface area contributed by atoms with E-state index in [9.17, 15) is 27.2 Å². The molecule has 0 aliphatic carbocycles. The van der Waals surface area contributed by atoms with Crippen LogP contribution in [0.5, 0.6) is 5.75 Å². The molecule has 3 aromatic carbocycles. The number of aromatic nitrogens is 1. The van der Waals surface area contributed by atoms with Gasteiger partial charge in [-0.1, -0.05) is 58.8 Å². The van der Waals surface area contributed by atoms with Crippen molar-refractivity contribution in [3.05, 3.63) is 129 Å². The largest absolute Gasteiger partial charge is 0.487 e. The van der Waals surface area contributed by atoms with Gasteiger partial charge in [0.25, 0.3) is 5.56 Å². The molecular weight excluding hydrogens is 711 g/mol. The molecule has 5 rings (SSSR count). The fourth-order valence-corrected chi connectivity index (χ4v) is 6.58. The zero-order valence-corrected chi connectivity index (χ0v) is 26.3. The molecule has 228 valence electrons. The minimum Gasteiger partial charge on any atom is -0.487 e. The monoisotopic (exact) mass is 728 g/mol. The predicted octanol–water partition coefficient (Wildman–Crippen LogP) is 7.13. The smallest absolute Gasteiger partial charge is 0.434 e. The standard InChI is InChI=1S/C30H19BrCl2F4N2O4S/c1-2-42-28(41)23-24(16-5-7-18(32)8-6-16)39-27(40)22(44-29(39)38-26(23)30(35,36)37)12-17-11-19(33)13-21(31)25(17)43-14-15-3-9-20(34)10-4-15/h3-13,24H,2,14H2,1H3/b22-12-/t24-/m0/s1. The third kappa shape index (κ3) is 6.63. The number of thiazole rings is 1. The first-order valence-corrected chi connectivity index (χ1v) is 15.2. The van der Waals surface area contributed by atoms with Crippen LogP contribution >= 0.6 is 50.5 Å². The summed E-state index contributed by atoms with van der Waals surface area (Å²) >= 11 is 16.4. The summed E-state index contributed by atoms with van der Waals surface area (Å²) in [5.74, 6) is -1.38. The minimum atomic E-state index is -5.04. The molecule has 0 spiro atoms. The van der Waals surface area contributed by atoms with Crippen molar-refractivity contribution in [2.24, 2.45) is 4.99 Å². The molecule has 1 aliphatic rings. The zero-order valence-electron chi connectivity index (χ0n) is 22.4. The Morgan fingerprint density at radius 2 is 1.77 bits per heavy atom. The highest BCUT2D eigenvalue weighted by Gasteiger charge is 2.45. The van der Waals surface area contributed by atoms with Gasteiger partial charge in [-0.25, -0.2) is 14.2 Å². The maximum Gasteiger partial charge on any atom is 0.434 e. The zero-order chi connectivity index (χ0) is 31.8. The van der Waals surface area contributed by atoms with Crippen LogP contribution in [-0.4, -0.2) is 23.3 Å². The van der Waals surface area contributed by atoms with Crippen molar-refractivity contribution in [1.29, 1.82) is 0 Å². The Morgan fingerprint density at radius 1 is 1.09 bits per heavy atom. The second-order valence-electron chi connectivity index (χ2n) is 9.34. The fourth-order valence-electron chi connectivity index (χ4n) is 4.52. The quantitative estimate of drug-likeness (QED) is 0.150. The molecule has 14 heteroatoms. The van der Waals surface area contributed by atoms with Gasteiger partial charge in [-0.2, -0.15) is 13.2 Å². The summed E-state index contributed by atoms with van der Waals surface area (Å²) in [5, 5.41) is 0.589. The topological polar surface area (TPSA) is 69.9 Å². The summed E-state index contributed by atoms with van der Waals surface area (Å²) in [7, 11) is 0. The molecule has 0 amide bonds. The van der Waals surface area contributed by atoms with Crippen LogP contribution in [0.1, 0.15) is 29.7 Å². The Morgan fingerprint density at radius 3 is 2.41 bits per heavy atom. The minimum absolute atomic E-state index is 0.00449. The number of esters is 1. The average Bonchev–Trinajstić information content (AvgIpc) is 3.27. The van der Waals surface area contributed by atoms with Crippen LogP contribution in [0, 0.1) is 5.82 Å². The number of carbonyl (C=O) groups is 1. The number of ether oxygens (including phenoxy) is 2. The van der Waals surface area contributed by atoms with E-state index in [4.69, 9.17) is 32.7 Å². The number of halogens is 7. The van der Waals surface area contributed by atoms with E-state index in [0.29, 0.717) is 32.0 Å². The van der Waals surface area contributed by atoms with E-state index in [1.807, 2.05) is 0 Å². The van der Waals surface area contributed by atoms with Crippen LogP contribution in [0.25, 0.3) is 6.08 Å². The molecule has 0 fully saturated rings. The van der Waals surface area contributed by atoms with Gasteiger partial charge in [0.2, 0.25) is 0 Å². The van der Waals surface area contributed by atoms with Gasteiger partial charge in [-0.05, 0) is 76.5 Å². The van der Waals surface area contributed by atoms with Crippen LogP contribution in [0.15, 0.2) is 86.2 Å².